The molecule has 308 valence electrons. The molecule has 0 atom stereocenters. The monoisotopic (exact) mass is 914 g/mol. The van der Waals surface area contributed by atoms with E-state index in [1.165, 1.54) is 19.3 Å². The Bertz CT molecular complexity index is 637. The first-order valence-corrected chi connectivity index (χ1v) is 16.0. The van der Waals surface area contributed by atoms with Crippen LogP contribution in [0.25, 0.3) is 0 Å². The van der Waals surface area contributed by atoms with Gasteiger partial charge in [-0.1, -0.05) is 101 Å². The molecule has 0 saturated heterocycles. The fourth-order valence-corrected chi connectivity index (χ4v) is 3.30. The van der Waals surface area contributed by atoms with Crippen molar-refractivity contribution in [1.82, 2.24) is 0 Å². The van der Waals surface area contributed by atoms with Crippen molar-refractivity contribution >= 4 is 39.9 Å². The summed E-state index contributed by atoms with van der Waals surface area (Å²) in [5, 5.41) is 106. The maximum Gasteiger partial charge on any atom is 3.00 e. The third-order valence-corrected chi connectivity index (χ3v) is 5.42. The van der Waals surface area contributed by atoms with E-state index in [-0.39, 0.29) is 87.5 Å². The Morgan fingerprint density at radius 3 is 0.577 bits per heavy atom. The smallest absolute Gasteiger partial charge is 0.907 e. The van der Waals surface area contributed by atoms with Gasteiger partial charge in [0.2, 0.25) is 0 Å². The summed E-state index contributed by atoms with van der Waals surface area (Å²) in [4.78, 5) is 30.1. The summed E-state index contributed by atoms with van der Waals surface area (Å²) in [5.74, 6) is -2.78. The second-order valence-electron chi connectivity index (χ2n) is 14.3. The number of carbonyl (C=O) groups excluding carboxylic acids is 3. The molecular formula is C30H57B3Fe4O15. The van der Waals surface area contributed by atoms with Crippen molar-refractivity contribution < 1.29 is 143 Å². The summed E-state index contributed by atoms with van der Waals surface area (Å²) in [6.07, 6.45) is 12.8. The Hall–Kier alpha value is 0.323. The van der Waals surface area contributed by atoms with Crippen LogP contribution in [0.5, 0.6) is 0 Å². The van der Waals surface area contributed by atoms with Crippen molar-refractivity contribution in [2.45, 2.75) is 159 Å². The zero-order valence-electron chi connectivity index (χ0n) is 31.9. The average molecular weight is 914 g/mol. The van der Waals surface area contributed by atoms with Gasteiger partial charge in [-0.05, 0) is 74.0 Å². The van der Waals surface area contributed by atoms with Crippen molar-refractivity contribution in [2.24, 2.45) is 16.2 Å². The minimum atomic E-state index is -2.92. The topological polar surface area (TPSA) is 328 Å². The van der Waals surface area contributed by atoms with Gasteiger partial charge in [-0.2, -0.15) is 0 Å². The molecule has 0 aromatic carbocycles. The number of hydrogen-bond acceptors (Lipinski definition) is 15. The molecule has 0 aliphatic carbocycles. The van der Waals surface area contributed by atoms with Gasteiger partial charge in [-0.3, -0.25) is 22.0 Å². The maximum absolute atomic E-state index is 10.0. The van der Waals surface area contributed by atoms with Gasteiger partial charge in [0.05, 0.1) is 0 Å². The van der Waals surface area contributed by atoms with E-state index in [1.807, 2.05) is 0 Å². The summed E-state index contributed by atoms with van der Waals surface area (Å²) in [6.45, 7) is 19.8. The van der Waals surface area contributed by atoms with Crippen LogP contribution < -0.4 is 60.5 Å². The molecule has 0 rings (SSSR count). The Kier molecular flexibility index (Phi) is 73.0. The van der Waals surface area contributed by atoms with Crippen LogP contribution in [-0.2, 0) is 82.7 Å². The first kappa shape index (κ1) is 76.9. The molecule has 0 amide bonds. The van der Waals surface area contributed by atoms with Gasteiger partial charge in [0.25, 0.3) is 0 Å². The maximum atomic E-state index is 10.0. The molecule has 0 N–H and O–H groups in total. The first-order valence-electron chi connectivity index (χ1n) is 16.0. The van der Waals surface area contributed by atoms with E-state index < -0.39 is 39.9 Å². The van der Waals surface area contributed by atoms with Crippen LogP contribution in [0.2, 0.25) is 0 Å². The van der Waals surface area contributed by atoms with Crippen LogP contribution in [0.15, 0.2) is 0 Å². The molecule has 0 heterocycles. The quantitative estimate of drug-likeness (QED) is 0.109. The largest absolute Gasteiger partial charge is 3.00 e. The molecule has 0 aromatic heterocycles. The molecule has 52 heavy (non-hydrogen) atoms. The van der Waals surface area contributed by atoms with Crippen molar-refractivity contribution in [3.05, 3.63) is 0 Å². The number of rotatable bonds is 15. The number of unbranched alkanes of at least 4 members (excludes halogenated alkanes) is 6. The van der Waals surface area contributed by atoms with Crippen LogP contribution in [0.4, 0.5) is 0 Å². The minimum absolute atomic E-state index is 0. The Labute approximate surface area is 356 Å². The average Bonchev–Trinajstić information content (AvgIpc) is 2.80. The third-order valence-electron chi connectivity index (χ3n) is 5.42. The number of carboxylic acids is 3. The van der Waals surface area contributed by atoms with Gasteiger partial charge in [0, 0.05) is 17.9 Å². The normalized spacial score (nSPS) is 9.58. The van der Waals surface area contributed by atoms with Gasteiger partial charge < -0.3 is 74.9 Å². The van der Waals surface area contributed by atoms with Gasteiger partial charge >= 0.3 is 68.3 Å². The SMILES string of the molecule is CC(C)(C)CCCCCC(=O)[O-].CC(C)(C)CCCCCC(=O)[O-].CC(C)(C)CCCCCC(=O)[O-].[Fe+3].[Fe+3].[Fe+3].[Fe+3].[O-]B([O-])[O-].[O-]B([O-])[O-].[O-]B([O-])[O-]. The molecule has 0 aliphatic heterocycles. The Morgan fingerprint density at radius 1 is 0.346 bits per heavy atom. The molecule has 0 spiro atoms. The van der Waals surface area contributed by atoms with Gasteiger partial charge in [0.15, 0.2) is 0 Å². The third kappa shape index (κ3) is 164. The molecule has 0 fully saturated rings. The zero-order valence-corrected chi connectivity index (χ0v) is 36.3. The van der Waals surface area contributed by atoms with E-state index >= 15 is 0 Å². The van der Waals surface area contributed by atoms with E-state index in [0.717, 1.165) is 57.8 Å². The second-order valence-corrected chi connectivity index (χ2v) is 14.3. The van der Waals surface area contributed by atoms with Crippen molar-refractivity contribution in [1.29, 1.82) is 0 Å². The molecule has 4 radical (unpaired) electrons. The fraction of sp³-hybridized carbons (Fsp3) is 0.900. The summed E-state index contributed by atoms with van der Waals surface area (Å²) >= 11 is 0. The number of aliphatic carboxylic acids is 3. The van der Waals surface area contributed by atoms with E-state index in [1.54, 1.807) is 0 Å². The zero-order chi connectivity index (χ0) is 39.6. The van der Waals surface area contributed by atoms with Gasteiger partial charge in [0.1, 0.15) is 0 Å². The Balaban J connectivity index is -0.0000000532. The molecule has 0 unspecified atom stereocenters. The van der Waals surface area contributed by atoms with Gasteiger partial charge in [-0.25, -0.2) is 0 Å². The van der Waals surface area contributed by atoms with Crippen molar-refractivity contribution in [3.8, 4) is 0 Å². The number of carbonyl (C=O) groups is 3. The van der Waals surface area contributed by atoms with Crippen LogP contribution in [-0.4, -0.2) is 39.9 Å². The minimum Gasteiger partial charge on any atom is -0.907 e. The van der Waals surface area contributed by atoms with Crippen molar-refractivity contribution in [2.75, 3.05) is 0 Å². The number of carboxylic acid groups (broad SMARTS) is 3. The van der Waals surface area contributed by atoms with Crippen LogP contribution in [0.1, 0.15) is 159 Å². The summed E-state index contributed by atoms with van der Waals surface area (Å²) in [5.41, 5.74) is 1.13. The molecule has 15 nitrogen and oxygen atoms in total. The van der Waals surface area contributed by atoms with E-state index in [0.29, 0.717) is 16.2 Å². The summed E-state index contributed by atoms with van der Waals surface area (Å²) < 4.78 is 0. The molecule has 0 saturated carbocycles. The molecule has 22 heteroatoms. The van der Waals surface area contributed by atoms with Crippen LogP contribution in [0.3, 0.4) is 0 Å². The van der Waals surface area contributed by atoms with Gasteiger partial charge in [-0.15, -0.1) is 0 Å². The predicted molar refractivity (Wildman–Crippen MR) is 160 cm³/mol. The summed E-state index contributed by atoms with van der Waals surface area (Å²) in [6, 6.07) is 0. The molecular weight excluding hydrogens is 856 g/mol. The summed E-state index contributed by atoms with van der Waals surface area (Å²) in [7, 11) is -8.75. The standard InChI is InChI=1S/3C10H20O2.3BO3.4Fe/c3*1-10(2,3)8-6-4-5-7-9(11)12;3*2-1(3)4;;;;/h3*4-8H2,1-3H3,(H,11,12);;;;;;;/q;;;3*-3;4*+3/p-3. The molecule has 0 bridgehead atoms. The predicted octanol–water partition coefficient (Wildman–Crippen LogP) is -6.65. The van der Waals surface area contributed by atoms with Crippen molar-refractivity contribution in [3.63, 3.8) is 0 Å². The number of hydrogen-bond donors (Lipinski definition) is 0. The van der Waals surface area contributed by atoms with E-state index in [4.69, 9.17) is 45.2 Å². The fourth-order valence-electron chi connectivity index (χ4n) is 3.30. The Morgan fingerprint density at radius 2 is 0.481 bits per heavy atom. The van der Waals surface area contributed by atoms with E-state index in [2.05, 4.69) is 62.3 Å². The molecule has 0 aliphatic rings. The second kappa shape index (κ2) is 49.3. The molecule has 0 aromatic rings. The first-order chi connectivity index (χ1) is 21.4. The van der Waals surface area contributed by atoms with Crippen LogP contribution >= 0.6 is 0 Å². The van der Waals surface area contributed by atoms with Crippen LogP contribution in [0, 0.1) is 16.2 Å². The van der Waals surface area contributed by atoms with E-state index in [9.17, 15) is 29.7 Å².